The molecular weight excluding hydrogens is 483 g/mol. The molecule has 0 aliphatic rings. The Morgan fingerprint density at radius 1 is 1.20 bits per heavy atom. The SMILES string of the molecule is COc1ccc(N(C(=O)c2ccc(Cl)c(I)c2)S(C)(=O)=O)c(OC)n1. The van der Waals surface area contributed by atoms with Crippen LogP contribution in [-0.4, -0.2) is 39.8 Å². The predicted molar refractivity (Wildman–Crippen MR) is 103 cm³/mol. The van der Waals surface area contributed by atoms with E-state index in [-0.39, 0.29) is 23.0 Å². The molecule has 0 N–H and O–H groups in total. The molecule has 0 saturated heterocycles. The predicted octanol–water partition coefficient (Wildman–Crippen LogP) is 2.96. The number of carbonyl (C=O) groups is 1. The zero-order chi connectivity index (χ0) is 18.8. The Kier molecular flexibility index (Phi) is 6.12. The number of carbonyl (C=O) groups excluding carboxylic acids is 1. The van der Waals surface area contributed by atoms with Gasteiger partial charge in [-0.05, 0) is 46.9 Å². The fourth-order valence-corrected chi connectivity index (χ4v) is 3.56. The Bertz CT molecular complexity index is 920. The molecule has 0 radical (unpaired) electrons. The first-order valence-corrected chi connectivity index (χ1v) is 10.1. The van der Waals surface area contributed by atoms with Gasteiger partial charge >= 0.3 is 0 Å². The molecule has 1 heterocycles. The first kappa shape index (κ1) is 19.7. The van der Waals surface area contributed by atoms with Crippen molar-refractivity contribution in [3.05, 3.63) is 44.5 Å². The minimum absolute atomic E-state index is 0.0132. The number of amides is 1. The lowest BCUT2D eigenvalue weighted by molar-refractivity contribution is 0.100. The van der Waals surface area contributed by atoms with Crippen LogP contribution < -0.4 is 13.8 Å². The molecule has 1 aromatic heterocycles. The quantitative estimate of drug-likeness (QED) is 0.592. The van der Waals surface area contributed by atoms with Crippen molar-refractivity contribution >= 4 is 55.8 Å². The highest BCUT2D eigenvalue weighted by Crippen LogP contribution is 2.32. The summed E-state index contributed by atoms with van der Waals surface area (Å²) in [6, 6.07) is 7.32. The van der Waals surface area contributed by atoms with E-state index in [1.165, 1.54) is 44.6 Å². The maximum absolute atomic E-state index is 12.9. The molecule has 0 saturated carbocycles. The Hall–Kier alpha value is -1.59. The summed E-state index contributed by atoms with van der Waals surface area (Å²) in [6.07, 6.45) is 0.926. The van der Waals surface area contributed by atoms with Gasteiger partial charge in [0.05, 0.1) is 25.5 Å². The van der Waals surface area contributed by atoms with Crippen molar-refractivity contribution in [2.45, 2.75) is 0 Å². The van der Waals surface area contributed by atoms with Crippen LogP contribution in [0.2, 0.25) is 5.02 Å². The van der Waals surface area contributed by atoms with E-state index in [1.807, 2.05) is 22.6 Å². The number of rotatable bonds is 5. The molecule has 2 aromatic rings. The summed E-state index contributed by atoms with van der Waals surface area (Å²) in [7, 11) is -1.22. The van der Waals surface area contributed by atoms with Crippen molar-refractivity contribution in [1.82, 2.24) is 4.98 Å². The molecule has 0 aliphatic heterocycles. The largest absolute Gasteiger partial charge is 0.481 e. The zero-order valence-corrected chi connectivity index (χ0v) is 17.2. The molecule has 1 aromatic carbocycles. The number of benzene rings is 1. The van der Waals surface area contributed by atoms with Gasteiger partial charge in [-0.25, -0.2) is 8.42 Å². The Balaban J connectivity index is 2.61. The molecule has 1 amide bonds. The van der Waals surface area contributed by atoms with Gasteiger partial charge in [0.15, 0.2) is 0 Å². The van der Waals surface area contributed by atoms with Crippen molar-refractivity contribution in [2.24, 2.45) is 0 Å². The average molecular weight is 497 g/mol. The lowest BCUT2D eigenvalue weighted by atomic mass is 10.2. The number of hydrogen-bond donors (Lipinski definition) is 0. The number of nitrogens with zero attached hydrogens (tertiary/aromatic N) is 2. The number of sulfonamides is 1. The van der Waals surface area contributed by atoms with Crippen molar-refractivity contribution < 1.29 is 22.7 Å². The smallest absolute Gasteiger partial charge is 0.272 e. The van der Waals surface area contributed by atoms with Gasteiger partial charge in [-0.1, -0.05) is 11.6 Å². The van der Waals surface area contributed by atoms with Crippen LogP contribution in [0.1, 0.15) is 10.4 Å². The summed E-state index contributed by atoms with van der Waals surface area (Å²) in [5.74, 6) is -0.577. The highest BCUT2D eigenvalue weighted by atomic mass is 127. The van der Waals surface area contributed by atoms with Crippen LogP contribution in [0.5, 0.6) is 11.8 Å². The number of halogens is 2. The molecule has 0 aliphatic carbocycles. The fraction of sp³-hybridized carbons (Fsp3) is 0.200. The molecule has 10 heteroatoms. The van der Waals surface area contributed by atoms with Crippen molar-refractivity contribution in [3.63, 3.8) is 0 Å². The van der Waals surface area contributed by atoms with Gasteiger partial charge in [-0.3, -0.25) is 4.79 Å². The van der Waals surface area contributed by atoms with E-state index in [0.717, 1.165) is 6.26 Å². The maximum Gasteiger partial charge on any atom is 0.272 e. The van der Waals surface area contributed by atoms with E-state index in [2.05, 4.69) is 4.98 Å². The Morgan fingerprint density at radius 2 is 1.88 bits per heavy atom. The summed E-state index contributed by atoms with van der Waals surface area (Å²) < 4.78 is 35.9. The van der Waals surface area contributed by atoms with Crippen LogP contribution in [-0.2, 0) is 10.0 Å². The van der Waals surface area contributed by atoms with Gasteiger partial charge in [-0.15, -0.1) is 0 Å². The van der Waals surface area contributed by atoms with Crippen LogP contribution in [0, 0.1) is 3.57 Å². The summed E-state index contributed by atoms with van der Waals surface area (Å²) in [6.45, 7) is 0. The van der Waals surface area contributed by atoms with Gasteiger partial charge in [0.2, 0.25) is 21.8 Å². The maximum atomic E-state index is 12.9. The van der Waals surface area contributed by atoms with Gasteiger partial charge in [0.1, 0.15) is 5.69 Å². The second-order valence-electron chi connectivity index (χ2n) is 4.84. The molecule has 2 rings (SSSR count). The summed E-state index contributed by atoms with van der Waals surface area (Å²) in [5.41, 5.74) is 0.151. The second-order valence-corrected chi connectivity index (χ2v) is 8.24. The molecule has 134 valence electrons. The second kappa shape index (κ2) is 7.75. The summed E-state index contributed by atoms with van der Waals surface area (Å²) >= 11 is 7.92. The molecule has 0 spiro atoms. The minimum Gasteiger partial charge on any atom is -0.481 e. The first-order chi connectivity index (χ1) is 11.7. The highest BCUT2D eigenvalue weighted by molar-refractivity contribution is 14.1. The van der Waals surface area contributed by atoms with Crippen LogP contribution in [0.15, 0.2) is 30.3 Å². The van der Waals surface area contributed by atoms with Crippen LogP contribution in [0.3, 0.4) is 0 Å². The third kappa shape index (κ3) is 4.33. The molecule has 7 nitrogen and oxygen atoms in total. The third-order valence-corrected chi connectivity index (χ3v) is 5.69. The van der Waals surface area contributed by atoms with Gasteiger partial charge < -0.3 is 9.47 Å². The zero-order valence-electron chi connectivity index (χ0n) is 13.5. The lowest BCUT2D eigenvalue weighted by Crippen LogP contribution is -2.36. The number of anilines is 1. The molecular formula is C15H14ClIN2O5S. The van der Waals surface area contributed by atoms with E-state index in [0.29, 0.717) is 12.9 Å². The fourth-order valence-electron chi connectivity index (χ4n) is 2.02. The first-order valence-electron chi connectivity index (χ1n) is 6.77. The van der Waals surface area contributed by atoms with E-state index < -0.39 is 15.9 Å². The standard InChI is InChI=1S/C15H14ClIN2O5S/c1-23-13-7-6-12(14(18-13)24-2)19(25(3,21)22)15(20)9-4-5-10(16)11(17)8-9/h4-8H,1-3H3. The number of methoxy groups -OCH3 is 2. The molecule has 0 fully saturated rings. The minimum atomic E-state index is -3.95. The van der Waals surface area contributed by atoms with Crippen LogP contribution in [0.4, 0.5) is 5.69 Å². The van der Waals surface area contributed by atoms with E-state index >= 15 is 0 Å². The molecule has 0 atom stereocenters. The van der Waals surface area contributed by atoms with Gasteiger partial charge in [0, 0.05) is 15.2 Å². The Labute approximate surface area is 164 Å². The average Bonchev–Trinajstić information content (AvgIpc) is 2.56. The van der Waals surface area contributed by atoms with Gasteiger partial charge in [0.25, 0.3) is 5.91 Å². The molecule has 0 bridgehead atoms. The van der Waals surface area contributed by atoms with Crippen LogP contribution in [0.25, 0.3) is 0 Å². The van der Waals surface area contributed by atoms with E-state index in [9.17, 15) is 13.2 Å². The topological polar surface area (TPSA) is 85.8 Å². The normalized spacial score (nSPS) is 11.1. The monoisotopic (exact) mass is 496 g/mol. The third-order valence-electron chi connectivity index (χ3n) is 3.12. The van der Waals surface area contributed by atoms with E-state index in [4.69, 9.17) is 21.1 Å². The van der Waals surface area contributed by atoms with Gasteiger partial charge in [-0.2, -0.15) is 9.29 Å². The summed E-state index contributed by atoms with van der Waals surface area (Å²) in [4.78, 5) is 16.9. The van der Waals surface area contributed by atoms with E-state index in [1.54, 1.807) is 0 Å². The molecule has 25 heavy (non-hydrogen) atoms. The number of pyridine rings is 1. The van der Waals surface area contributed by atoms with Crippen molar-refractivity contribution in [3.8, 4) is 11.8 Å². The summed E-state index contributed by atoms with van der Waals surface area (Å²) in [5, 5.41) is 0.465. The highest BCUT2D eigenvalue weighted by Gasteiger charge is 2.30. The van der Waals surface area contributed by atoms with Crippen molar-refractivity contribution in [2.75, 3.05) is 24.8 Å². The number of aromatic nitrogens is 1. The number of hydrogen-bond acceptors (Lipinski definition) is 6. The molecule has 0 unspecified atom stereocenters. The Morgan fingerprint density at radius 3 is 2.40 bits per heavy atom. The van der Waals surface area contributed by atoms with Crippen molar-refractivity contribution in [1.29, 1.82) is 0 Å². The van der Waals surface area contributed by atoms with Crippen LogP contribution >= 0.6 is 34.2 Å². The number of ether oxygens (including phenoxy) is 2. The lowest BCUT2D eigenvalue weighted by Gasteiger charge is -2.22.